The molecule has 1 amide bonds. The highest BCUT2D eigenvalue weighted by atomic mass is 32.1. The van der Waals surface area contributed by atoms with Crippen molar-refractivity contribution in [2.24, 2.45) is 0 Å². The lowest BCUT2D eigenvalue weighted by atomic mass is 10.3. The van der Waals surface area contributed by atoms with Gasteiger partial charge in [0, 0.05) is 0 Å². The van der Waals surface area contributed by atoms with Crippen molar-refractivity contribution in [1.82, 2.24) is 5.32 Å². The van der Waals surface area contributed by atoms with E-state index in [9.17, 15) is 9.59 Å². The van der Waals surface area contributed by atoms with E-state index in [-0.39, 0.29) is 12.5 Å². The first-order chi connectivity index (χ1) is 8.58. The zero-order chi connectivity index (χ0) is 13.5. The van der Waals surface area contributed by atoms with E-state index in [1.807, 2.05) is 0 Å². The highest BCUT2D eigenvalue weighted by molar-refractivity contribution is 7.14. The number of nitrogens with one attached hydrogen (secondary N) is 1. The number of carbonyl (C=O) groups excluding carboxylic acids is 2. The van der Waals surface area contributed by atoms with Gasteiger partial charge in [0.15, 0.2) is 0 Å². The minimum atomic E-state index is -0.698. The van der Waals surface area contributed by atoms with Gasteiger partial charge in [0.05, 0.1) is 16.9 Å². The Morgan fingerprint density at radius 3 is 2.89 bits per heavy atom. The number of ether oxygens (including phenoxy) is 1. The quantitative estimate of drug-likeness (QED) is 0.613. The van der Waals surface area contributed by atoms with E-state index in [2.05, 4.69) is 21.9 Å². The first-order valence-electron chi connectivity index (χ1n) is 5.16. The van der Waals surface area contributed by atoms with E-state index in [1.165, 1.54) is 18.4 Å². The maximum Gasteiger partial charge on any atom is 0.328 e. The fourth-order valence-corrected chi connectivity index (χ4v) is 1.94. The summed E-state index contributed by atoms with van der Waals surface area (Å²) in [6, 6.07) is 2.60. The molecule has 1 aromatic heterocycles. The molecule has 0 fully saturated rings. The molecule has 1 rings (SSSR count). The highest BCUT2D eigenvalue weighted by Gasteiger charge is 2.17. The third-order valence-electron chi connectivity index (χ3n) is 2.02. The van der Waals surface area contributed by atoms with Crippen LogP contribution >= 0.6 is 11.3 Å². The average molecular weight is 267 g/mol. The first-order valence-corrected chi connectivity index (χ1v) is 5.98. The van der Waals surface area contributed by atoms with Crippen molar-refractivity contribution in [3.8, 4) is 11.8 Å². The Morgan fingerprint density at radius 1 is 1.56 bits per heavy atom. The van der Waals surface area contributed by atoms with Crippen molar-refractivity contribution in [2.75, 3.05) is 13.7 Å². The van der Waals surface area contributed by atoms with Gasteiger partial charge in [0.2, 0.25) is 0 Å². The molecule has 6 heteroatoms. The zero-order valence-electron chi connectivity index (χ0n) is 10.0. The number of methoxy groups -OCH3 is 1. The number of aliphatic hydroxyl groups is 1. The molecule has 0 saturated carbocycles. The van der Waals surface area contributed by atoms with Crippen LogP contribution in [0.3, 0.4) is 0 Å². The molecule has 1 unspecified atom stereocenters. The molecule has 0 radical (unpaired) electrons. The second-order valence-corrected chi connectivity index (χ2v) is 4.43. The third-order valence-corrected chi connectivity index (χ3v) is 3.02. The summed E-state index contributed by atoms with van der Waals surface area (Å²) in [5.41, 5.74) is 0. The SMILES string of the molecule is COC(=O)C(C)NC(=O)c1ccc(C#CCO)s1. The van der Waals surface area contributed by atoms with Gasteiger partial charge in [-0.25, -0.2) is 4.79 Å². The summed E-state index contributed by atoms with van der Waals surface area (Å²) < 4.78 is 4.51. The molecule has 1 atom stereocenters. The predicted octanol–water partition coefficient (Wildman–Crippen LogP) is 0.383. The van der Waals surface area contributed by atoms with Crippen molar-refractivity contribution >= 4 is 23.2 Å². The molecule has 2 N–H and O–H groups in total. The smallest absolute Gasteiger partial charge is 0.328 e. The van der Waals surface area contributed by atoms with Gasteiger partial charge in [-0.05, 0) is 19.1 Å². The molecule has 0 spiro atoms. The lowest BCUT2D eigenvalue weighted by Gasteiger charge is -2.10. The molecule has 96 valence electrons. The first kappa shape index (κ1) is 14.2. The average Bonchev–Trinajstić information content (AvgIpc) is 2.83. The number of aliphatic hydroxyl groups excluding tert-OH is 1. The summed E-state index contributed by atoms with van der Waals surface area (Å²) in [7, 11) is 1.26. The fraction of sp³-hybridized carbons (Fsp3) is 0.333. The van der Waals surface area contributed by atoms with Crippen LogP contribution in [0.15, 0.2) is 12.1 Å². The topological polar surface area (TPSA) is 75.6 Å². The number of esters is 1. The Labute approximate surface area is 109 Å². The van der Waals surface area contributed by atoms with Crippen molar-refractivity contribution in [3.63, 3.8) is 0 Å². The van der Waals surface area contributed by atoms with E-state index in [0.717, 1.165) is 0 Å². The maximum absolute atomic E-state index is 11.8. The number of hydrogen-bond acceptors (Lipinski definition) is 5. The molecule has 18 heavy (non-hydrogen) atoms. The normalized spacial score (nSPS) is 11.1. The fourth-order valence-electron chi connectivity index (χ4n) is 1.16. The lowest BCUT2D eigenvalue weighted by molar-refractivity contribution is -0.142. The molecule has 1 heterocycles. The van der Waals surface area contributed by atoms with Crippen LogP contribution in [-0.2, 0) is 9.53 Å². The van der Waals surface area contributed by atoms with Crippen molar-refractivity contribution in [3.05, 3.63) is 21.9 Å². The molecule has 0 bridgehead atoms. The van der Waals surface area contributed by atoms with Gasteiger partial charge < -0.3 is 15.2 Å². The summed E-state index contributed by atoms with van der Waals surface area (Å²) in [6.45, 7) is 1.32. The molecule has 1 aromatic rings. The van der Waals surface area contributed by atoms with Crippen LogP contribution in [0.1, 0.15) is 21.5 Å². The summed E-state index contributed by atoms with van der Waals surface area (Å²) in [5, 5.41) is 11.1. The summed E-state index contributed by atoms with van der Waals surface area (Å²) in [6.07, 6.45) is 0. The van der Waals surface area contributed by atoms with Gasteiger partial charge in [-0.3, -0.25) is 4.79 Å². The second-order valence-electron chi connectivity index (χ2n) is 3.34. The number of rotatable bonds is 3. The second kappa shape index (κ2) is 6.79. The standard InChI is InChI=1S/C12H13NO4S/c1-8(12(16)17-2)13-11(15)10-6-5-9(18-10)4-3-7-14/h5-6,8,14H,7H2,1-2H3,(H,13,15). The van der Waals surface area contributed by atoms with Gasteiger partial charge in [0.1, 0.15) is 12.6 Å². The van der Waals surface area contributed by atoms with E-state index in [4.69, 9.17) is 5.11 Å². The Kier molecular flexibility index (Phi) is 5.36. The Morgan fingerprint density at radius 2 is 2.28 bits per heavy atom. The summed E-state index contributed by atoms with van der Waals surface area (Å²) in [5.74, 6) is 4.35. The molecular formula is C12H13NO4S. The van der Waals surface area contributed by atoms with E-state index >= 15 is 0 Å². The zero-order valence-corrected chi connectivity index (χ0v) is 10.8. The van der Waals surface area contributed by atoms with Crippen LogP contribution in [0.4, 0.5) is 0 Å². The third kappa shape index (κ3) is 3.87. The van der Waals surface area contributed by atoms with Crippen LogP contribution in [-0.4, -0.2) is 36.7 Å². The molecule has 0 aliphatic heterocycles. The highest BCUT2D eigenvalue weighted by Crippen LogP contribution is 2.15. The van der Waals surface area contributed by atoms with Crippen LogP contribution in [0.25, 0.3) is 0 Å². The Bertz CT molecular complexity index is 498. The Balaban J connectivity index is 2.67. The number of hydrogen-bond donors (Lipinski definition) is 2. The van der Waals surface area contributed by atoms with E-state index in [1.54, 1.807) is 19.1 Å². The van der Waals surface area contributed by atoms with Gasteiger partial charge in [-0.15, -0.1) is 11.3 Å². The molecule has 0 aromatic carbocycles. The molecule has 5 nitrogen and oxygen atoms in total. The van der Waals surface area contributed by atoms with Gasteiger partial charge >= 0.3 is 5.97 Å². The van der Waals surface area contributed by atoms with Crippen LogP contribution in [0, 0.1) is 11.8 Å². The molecule has 0 saturated heterocycles. The minimum Gasteiger partial charge on any atom is -0.467 e. The van der Waals surface area contributed by atoms with Crippen LogP contribution in [0.2, 0.25) is 0 Å². The summed E-state index contributed by atoms with van der Waals surface area (Å²) >= 11 is 1.19. The molecule has 0 aliphatic rings. The molecule has 0 aliphatic carbocycles. The molecular weight excluding hydrogens is 254 g/mol. The minimum absolute atomic E-state index is 0.223. The van der Waals surface area contributed by atoms with Crippen molar-refractivity contribution in [1.29, 1.82) is 0 Å². The van der Waals surface area contributed by atoms with Gasteiger partial charge in [-0.2, -0.15) is 0 Å². The van der Waals surface area contributed by atoms with Crippen LogP contribution in [0.5, 0.6) is 0 Å². The van der Waals surface area contributed by atoms with Gasteiger partial charge in [0.25, 0.3) is 5.91 Å². The predicted molar refractivity (Wildman–Crippen MR) is 67.2 cm³/mol. The number of carbonyl (C=O) groups is 2. The van der Waals surface area contributed by atoms with Gasteiger partial charge in [-0.1, -0.05) is 11.8 Å². The number of thiophene rings is 1. The van der Waals surface area contributed by atoms with Crippen LogP contribution < -0.4 is 5.32 Å². The van der Waals surface area contributed by atoms with Crippen molar-refractivity contribution < 1.29 is 19.4 Å². The van der Waals surface area contributed by atoms with E-state index in [0.29, 0.717) is 9.75 Å². The largest absolute Gasteiger partial charge is 0.467 e. The maximum atomic E-state index is 11.8. The number of amides is 1. The van der Waals surface area contributed by atoms with E-state index < -0.39 is 12.0 Å². The lowest BCUT2D eigenvalue weighted by Crippen LogP contribution is -2.38. The monoisotopic (exact) mass is 267 g/mol. The Hall–Kier alpha value is -1.84. The van der Waals surface area contributed by atoms with Crippen molar-refractivity contribution in [2.45, 2.75) is 13.0 Å². The summed E-state index contributed by atoms with van der Waals surface area (Å²) in [4.78, 5) is 24.0.